The molecule has 1 rings (SSSR count). The lowest BCUT2D eigenvalue weighted by molar-refractivity contribution is -0.115. The fraction of sp³-hybridized carbons (Fsp3) is 0.467. The van der Waals surface area contributed by atoms with E-state index in [4.69, 9.17) is 0 Å². The van der Waals surface area contributed by atoms with Gasteiger partial charge in [-0.25, -0.2) is 0 Å². The molecule has 0 aliphatic heterocycles. The molecular formula is C15H23NO2. The van der Waals surface area contributed by atoms with E-state index in [1.165, 1.54) is 0 Å². The zero-order valence-corrected chi connectivity index (χ0v) is 11.9. The molecule has 0 aliphatic carbocycles. The van der Waals surface area contributed by atoms with Crippen LogP contribution in [-0.4, -0.2) is 11.7 Å². The summed E-state index contributed by atoms with van der Waals surface area (Å²) in [7, 11) is 0. The number of benzene rings is 1. The van der Waals surface area contributed by atoms with E-state index in [9.17, 15) is 9.59 Å². The van der Waals surface area contributed by atoms with Crippen molar-refractivity contribution in [3.8, 4) is 0 Å². The molecule has 1 aromatic rings. The molecule has 18 heavy (non-hydrogen) atoms. The molecule has 3 heteroatoms. The maximum Gasteiger partial charge on any atom is 0.224 e. The summed E-state index contributed by atoms with van der Waals surface area (Å²) in [6, 6.07) is 6.99. The van der Waals surface area contributed by atoms with Crippen molar-refractivity contribution in [2.45, 2.75) is 41.0 Å². The topological polar surface area (TPSA) is 46.2 Å². The van der Waals surface area contributed by atoms with Gasteiger partial charge in [-0.05, 0) is 24.3 Å². The average molecular weight is 249 g/mol. The molecule has 0 aromatic heterocycles. The Kier molecular flexibility index (Phi) is 7.68. The number of amides is 1. The van der Waals surface area contributed by atoms with Gasteiger partial charge in [-0.3, -0.25) is 9.59 Å². The molecule has 0 radical (unpaired) electrons. The van der Waals surface area contributed by atoms with Crippen LogP contribution < -0.4 is 5.32 Å². The Morgan fingerprint density at radius 1 is 1.11 bits per heavy atom. The molecule has 0 spiro atoms. The van der Waals surface area contributed by atoms with Crippen LogP contribution in [0.4, 0.5) is 5.69 Å². The van der Waals surface area contributed by atoms with Crippen LogP contribution in [0.3, 0.4) is 0 Å². The molecule has 1 N–H and O–H groups in total. The Balaban J connectivity index is 0.00000137. The summed E-state index contributed by atoms with van der Waals surface area (Å²) >= 11 is 0. The summed E-state index contributed by atoms with van der Waals surface area (Å²) in [5.41, 5.74) is 1.41. The average Bonchev–Trinajstić information content (AvgIpc) is 2.40. The second-order valence-corrected chi connectivity index (χ2v) is 4.00. The number of carbonyl (C=O) groups is 2. The number of nitrogens with one attached hydrogen (secondary N) is 1. The molecule has 1 aromatic carbocycles. The zero-order valence-electron chi connectivity index (χ0n) is 11.9. The van der Waals surface area contributed by atoms with E-state index in [1.54, 1.807) is 31.2 Å². The summed E-state index contributed by atoms with van der Waals surface area (Å²) in [6.45, 7) is 9.54. The molecule has 0 bridgehead atoms. The first-order valence-electron chi connectivity index (χ1n) is 6.48. The van der Waals surface area contributed by atoms with Gasteiger partial charge in [-0.15, -0.1) is 0 Å². The first-order valence-corrected chi connectivity index (χ1v) is 6.48. The monoisotopic (exact) mass is 249 g/mol. The fourth-order valence-corrected chi connectivity index (χ4v) is 1.30. The molecule has 0 unspecified atom stereocenters. The molecule has 100 valence electrons. The minimum atomic E-state index is -0.0251. The third-order valence-corrected chi connectivity index (χ3v) is 2.30. The van der Waals surface area contributed by atoms with Crippen molar-refractivity contribution in [1.82, 2.24) is 0 Å². The highest BCUT2D eigenvalue weighted by Gasteiger charge is 2.09. The van der Waals surface area contributed by atoms with Gasteiger partial charge in [0.2, 0.25) is 5.91 Å². The van der Waals surface area contributed by atoms with E-state index < -0.39 is 0 Å². The van der Waals surface area contributed by atoms with Gasteiger partial charge in [0, 0.05) is 23.6 Å². The molecule has 0 saturated carbocycles. The number of hydrogen-bond donors (Lipinski definition) is 1. The number of rotatable bonds is 4. The first-order chi connectivity index (χ1) is 8.54. The van der Waals surface area contributed by atoms with Crippen LogP contribution in [0.1, 0.15) is 51.4 Å². The lowest BCUT2D eigenvalue weighted by Crippen LogP contribution is -2.10. The van der Waals surface area contributed by atoms with E-state index in [-0.39, 0.29) is 17.6 Å². The second kappa shape index (κ2) is 8.45. The van der Waals surface area contributed by atoms with Crippen LogP contribution in [0.2, 0.25) is 0 Å². The Hall–Kier alpha value is -1.64. The van der Waals surface area contributed by atoms with Crippen molar-refractivity contribution in [2.24, 2.45) is 5.92 Å². The number of Topliss-reactive ketones (excluding diaryl/α,β-unsaturated/α-hetero) is 1. The van der Waals surface area contributed by atoms with Gasteiger partial charge in [-0.1, -0.05) is 34.6 Å². The maximum absolute atomic E-state index is 11.6. The molecule has 0 aliphatic rings. The minimum absolute atomic E-state index is 0.00363. The largest absolute Gasteiger partial charge is 0.326 e. The zero-order chi connectivity index (χ0) is 14.1. The van der Waals surface area contributed by atoms with Crippen molar-refractivity contribution in [3.63, 3.8) is 0 Å². The second-order valence-electron chi connectivity index (χ2n) is 4.00. The van der Waals surface area contributed by atoms with E-state index in [1.807, 2.05) is 27.7 Å². The highest BCUT2D eigenvalue weighted by atomic mass is 16.1. The Morgan fingerprint density at radius 3 is 2.00 bits per heavy atom. The molecule has 1 amide bonds. The van der Waals surface area contributed by atoms with E-state index in [0.717, 1.165) is 5.69 Å². The molecule has 3 nitrogen and oxygen atoms in total. The van der Waals surface area contributed by atoms with Crippen molar-refractivity contribution >= 4 is 17.4 Å². The highest BCUT2D eigenvalue weighted by molar-refractivity contribution is 5.98. The SMILES string of the molecule is CC.CCC(=O)Nc1ccc(C(=O)C(C)C)cc1. The third kappa shape index (κ3) is 5.13. The van der Waals surface area contributed by atoms with Gasteiger partial charge in [0.1, 0.15) is 0 Å². The van der Waals surface area contributed by atoms with Crippen LogP contribution in [0, 0.1) is 5.92 Å². The quantitative estimate of drug-likeness (QED) is 0.822. The standard InChI is InChI=1S/C13H17NO2.C2H6/c1-4-12(15)14-11-7-5-10(6-8-11)13(16)9(2)3;1-2/h5-9H,4H2,1-3H3,(H,14,15);1-2H3. The van der Waals surface area contributed by atoms with Gasteiger partial charge < -0.3 is 5.32 Å². The van der Waals surface area contributed by atoms with Gasteiger partial charge in [0.25, 0.3) is 0 Å². The van der Waals surface area contributed by atoms with Crippen LogP contribution in [0.5, 0.6) is 0 Å². The van der Waals surface area contributed by atoms with Crippen LogP contribution in [0.15, 0.2) is 24.3 Å². The van der Waals surface area contributed by atoms with Gasteiger partial charge in [-0.2, -0.15) is 0 Å². The molecule has 0 saturated heterocycles. The molecule has 0 atom stereocenters. The lowest BCUT2D eigenvalue weighted by atomic mass is 10.0. The highest BCUT2D eigenvalue weighted by Crippen LogP contribution is 2.13. The Labute approximate surface area is 110 Å². The number of hydrogen-bond acceptors (Lipinski definition) is 2. The summed E-state index contributed by atoms with van der Waals surface area (Å²) in [5, 5.41) is 2.74. The fourth-order valence-electron chi connectivity index (χ4n) is 1.30. The van der Waals surface area contributed by atoms with Crippen molar-refractivity contribution in [3.05, 3.63) is 29.8 Å². The Bertz CT molecular complexity index is 380. The van der Waals surface area contributed by atoms with Crippen LogP contribution in [0.25, 0.3) is 0 Å². The van der Waals surface area contributed by atoms with Crippen molar-refractivity contribution in [1.29, 1.82) is 0 Å². The molecule has 0 fully saturated rings. The smallest absolute Gasteiger partial charge is 0.224 e. The van der Waals surface area contributed by atoms with Crippen LogP contribution in [-0.2, 0) is 4.79 Å². The number of anilines is 1. The molecular weight excluding hydrogens is 226 g/mol. The lowest BCUT2D eigenvalue weighted by Gasteiger charge is -2.06. The number of carbonyl (C=O) groups excluding carboxylic acids is 2. The summed E-state index contributed by atoms with van der Waals surface area (Å²) in [5.74, 6) is 0.0902. The summed E-state index contributed by atoms with van der Waals surface area (Å²) in [4.78, 5) is 22.8. The van der Waals surface area contributed by atoms with Crippen molar-refractivity contribution < 1.29 is 9.59 Å². The minimum Gasteiger partial charge on any atom is -0.326 e. The van der Waals surface area contributed by atoms with Gasteiger partial charge >= 0.3 is 0 Å². The van der Waals surface area contributed by atoms with E-state index in [0.29, 0.717) is 12.0 Å². The predicted molar refractivity (Wildman–Crippen MR) is 75.9 cm³/mol. The van der Waals surface area contributed by atoms with Crippen molar-refractivity contribution in [2.75, 3.05) is 5.32 Å². The first kappa shape index (κ1) is 16.4. The normalized spacial score (nSPS) is 9.44. The van der Waals surface area contributed by atoms with E-state index >= 15 is 0 Å². The predicted octanol–water partition coefficient (Wildman–Crippen LogP) is 3.90. The third-order valence-electron chi connectivity index (χ3n) is 2.30. The van der Waals surface area contributed by atoms with Gasteiger partial charge in [0.15, 0.2) is 5.78 Å². The summed E-state index contributed by atoms with van der Waals surface area (Å²) in [6.07, 6.45) is 0.451. The summed E-state index contributed by atoms with van der Waals surface area (Å²) < 4.78 is 0. The maximum atomic E-state index is 11.6. The van der Waals surface area contributed by atoms with Gasteiger partial charge in [0.05, 0.1) is 0 Å². The number of ketones is 1. The van der Waals surface area contributed by atoms with E-state index in [2.05, 4.69) is 5.32 Å². The van der Waals surface area contributed by atoms with Crippen LogP contribution >= 0.6 is 0 Å². The molecule has 0 heterocycles. The Morgan fingerprint density at radius 2 is 1.61 bits per heavy atom.